The zero-order chi connectivity index (χ0) is 21.2. The first-order valence-corrected chi connectivity index (χ1v) is 11.2. The number of anilines is 2. The molecule has 8 heteroatoms. The standard InChI is InChI=1S/C25H40N4.4ClH/c1-5-22(26)18-28(7-3)24-13-9-20(10-14-24)17-21-11-15-25(16-12-21)29(8-4)19-23(27)6-2;;;;/h9-16,22-23H,5-8,17-19,26-27H2,1-4H3;4*1H. The molecule has 4 nitrogen and oxygen atoms in total. The van der Waals surface area contributed by atoms with Gasteiger partial charge in [0.25, 0.3) is 0 Å². The van der Waals surface area contributed by atoms with Gasteiger partial charge in [-0.3, -0.25) is 0 Å². The van der Waals surface area contributed by atoms with Crippen LogP contribution in [0.25, 0.3) is 0 Å². The number of likely N-dealkylation sites (N-methyl/N-ethyl adjacent to an activating group) is 2. The first kappa shape index (κ1) is 36.7. The molecule has 2 rings (SSSR count). The summed E-state index contributed by atoms with van der Waals surface area (Å²) >= 11 is 0. The maximum atomic E-state index is 6.14. The van der Waals surface area contributed by atoms with Crippen LogP contribution in [0.3, 0.4) is 0 Å². The lowest BCUT2D eigenvalue weighted by atomic mass is 10.0. The Labute approximate surface area is 226 Å². The highest BCUT2D eigenvalue weighted by atomic mass is 35.5. The molecule has 0 amide bonds. The summed E-state index contributed by atoms with van der Waals surface area (Å²) in [7, 11) is 0. The molecule has 0 spiro atoms. The average Bonchev–Trinajstić information content (AvgIpc) is 2.76. The van der Waals surface area contributed by atoms with E-state index in [2.05, 4.69) is 86.0 Å². The zero-order valence-electron chi connectivity index (χ0n) is 20.4. The van der Waals surface area contributed by atoms with Crippen LogP contribution in [0.2, 0.25) is 0 Å². The van der Waals surface area contributed by atoms with Crippen LogP contribution in [0.15, 0.2) is 48.5 Å². The molecular weight excluding hydrogens is 498 g/mol. The Hall–Kier alpha value is -0.880. The normalized spacial score (nSPS) is 11.6. The molecule has 2 aromatic carbocycles. The van der Waals surface area contributed by atoms with Crippen LogP contribution < -0.4 is 21.3 Å². The van der Waals surface area contributed by atoms with Gasteiger partial charge < -0.3 is 21.3 Å². The van der Waals surface area contributed by atoms with Crippen LogP contribution in [0.5, 0.6) is 0 Å². The molecule has 4 N–H and O–H groups in total. The molecule has 0 saturated heterocycles. The molecule has 0 fully saturated rings. The van der Waals surface area contributed by atoms with E-state index in [1.54, 1.807) is 0 Å². The van der Waals surface area contributed by atoms with Gasteiger partial charge in [0.1, 0.15) is 0 Å². The molecule has 0 aromatic heterocycles. The molecule has 0 bridgehead atoms. The number of hydrogen-bond donors (Lipinski definition) is 2. The third kappa shape index (κ3) is 11.9. The van der Waals surface area contributed by atoms with Crippen molar-refractivity contribution in [1.29, 1.82) is 0 Å². The second kappa shape index (κ2) is 19.4. The van der Waals surface area contributed by atoms with Crippen LogP contribution in [0.1, 0.15) is 51.7 Å². The quantitative estimate of drug-likeness (QED) is 0.341. The fourth-order valence-corrected chi connectivity index (χ4v) is 3.54. The van der Waals surface area contributed by atoms with Crippen molar-refractivity contribution >= 4 is 61.0 Å². The van der Waals surface area contributed by atoms with Crippen LogP contribution in [-0.4, -0.2) is 38.3 Å². The Balaban J connectivity index is -0.00000225. The van der Waals surface area contributed by atoms with Crippen molar-refractivity contribution < 1.29 is 0 Å². The summed E-state index contributed by atoms with van der Waals surface area (Å²) in [5.41, 5.74) is 17.5. The van der Waals surface area contributed by atoms with Gasteiger partial charge in [-0.15, -0.1) is 49.6 Å². The van der Waals surface area contributed by atoms with Crippen molar-refractivity contribution in [2.45, 2.75) is 59.0 Å². The molecule has 2 atom stereocenters. The number of benzene rings is 2. The molecule has 2 aromatic rings. The van der Waals surface area contributed by atoms with Gasteiger partial charge in [-0.1, -0.05) is 38.1 Å². The largest absolute Gasteiger partial charge is 0.370 e. The van der Waals surface area contributed by atoms with E-state index in [4.69, 9.17) is 11.5 Å². The second-order valence-electron chi connectivity index (χ2n) is 7.92. The third-order valence-corrected chi connectivity index (χ3v) is 5.73. The molecule has 0 aliphatic carbocycles. The van der Waals surface area contributed by atoms with Crippen molar-refractivity contribution in [2.75, 3.05) is 36.0 Å². The van der Waals surface area contributed by atoms with Gasteiger partial charge >= 0.3 is 0 Å². The van der Waals surface area contributed by atoms with Crippen molar-refractivity contribution in [1.82, 2.24) is 0 Å². The maximum absolute atomic E-state index is 6.14. The molecule has 0 radical (unpaired) electrons. The fourth-order valence-electron chi connectivity index (χ4n) is 3.54. The molecule has 33 heavy (non-hydrogen) atoms. The molecule has 0 aliphatic heterocycles. The minimum absolute atomic E-state index is 0. The summed E-state index contributed by atoms with van der Waals surface area (Å²) in [5.74, 6) is 0. The summed E-state index contributed by atoms with van der Waals surface area (Å²) in [6, 6.07) is 18.3. The fraction of sp³-hybridized carbons (Fsp3) is 0.520. The van der Waals surface area contributed by atoms with E-state index in [0.29, 0.717) is 0 Å². The lowest BCUT2D eigenvalue weighted by molar-refractivity contribution is 0.622. The Bertz CT molecular complexity index is 652. The van der Waals surface area contributed by atoms with Crippen LogP contribution in [-0.2, 0) is 6.42 Å². The molecule has 0 heterocycles. The van der Waals surface area contributed by atoms with Gasteiger partial charge in [0.2, 0.25) is 0 Å². The Kier molecular flexibility index (Phi) is 21.6. The van der Waals surface area contributed by atoms with Gasteiger partial charge in [0.15, 0.2) is 0 Å². The number of halogens is 4. The molecule has 0 saturated carbocycles. The predicted molar refractivity (Wildman–Crippen MR) is 157 cm³/mol. The molecule has 192 valence electrons. The topological polar surface area (TPSA) is 58.5 Å². The van der Waals surface area contributed by atoms with E-state index < -0.39 is 0 Å². The minimum atomic E-state index is 0. The van der Waals surface area contributed by atoms with E-state index in [9.17, 15) is 0 Å². The lowest BCUT2D eigenvalue weighted by Gasteiger charge is -2.26. The van der Waals surface area contributed by atoms with Crippen molar-refractivity contribution in [2.24, 2.45) is 11.5 Å². The number of nitrogens with zero attached hydrogens (tertiary/aromatic N) is 2. The lowest BCUT2D eigenvalue weighted by Crippen LogP contribution is -2.37. The highest BCUT2D eigenvalue weighted by Crippen LogP contribution is 2.20. The van der Waals surface area contributed by atoms with E-state index in [0.717, 1.165) is 45.4 Å². The first-order chi connectivity index (χ1) is 14.0. The minimum Gasteiger partial charge on any atom is -0.370 e. The number of hydrogen-bond acceptors (Lipinski definition) is 4. The maximum Gasteiger partial charge on any atom is 0.0366 e. The second-order valence-corrected chi connectivity index (χ2v) is 7.92. The predicted octanol–water partition coefficient (Wildman–Crippen LogP) is 6.09. The molecule has 2 unspecified atom stereocenters. The van der Waals surface area contributed by atoms with Crippen LogP contribution in [0.4, 0.5) is 11.4 Å². The summed E-state index contributed by atoms with van der Waals surface area (Å²) in [4.78, 5) is 4.71. The van der Waals surface area contributed by atoms with Crippen molar-refractivity contribution in [3.63, 3.8) is 0 Å². The highest BCUT2D eigenvalue weighted by molar-refractivity contribution is 5.86. The van der Waals surface area contributed by atoms with E-state index >= 15 is 0 Å². The zero-order valence-corrected chi connectivity index (χ0v) is 23.7. The third-order valence-electron chi connectivity index (χ3n) is 5.73. The first-order valence-electron chi connectivity index (χ1n) is 11.2. The van der Waals surface area contributed by atoms with E-state index in [-0.39, 0.29) is 61.7 Å². The van der Waals surface area contributed by atoms with Crippen LogP contribution in [0, 0.1) is 0 Å². The van der Waals surface area contributed by atoms with Gasteiger partial charge in [-0.2, -0.15) is 0 Å². The van der Waals surface area contributed by atoms with E-state index in [1.165, 1.54) is 22.5 Å². The monoisotopic (exact) mass is 540 g/mol. The molecular formula is C25H44Cl4N4. The van der Waals surface area contributed by atoms with Gasteiger partial charge in [0, 0.05) is 49.6 Å². The number of rotatable bonds is 12. The van der Waals surface area contributed by atoms with Gasteiger partial charge in [-0.05, 0) is 68.5 Å². The van der Waals surface area contributed by atoms with Crippen molar-refractivity contribution in [3.05, 3.63) is 59.7 Å². The Morgan fingerprint density at radius 2 is 0.879 bits per heavy atom. The molecule has 0 aliphatic rings. The Morgan fingerprint density at radius 3 is 1.12 bits per heavy atom. The smallest absolute Gasteiger partial charge is 0.0366 e. The summed E-state index contributed by atoms with van der Waals surface area (Å²) < 4.78 is 0. The van der Waals surface area contributed by atoms with E-state index in [1.807, 2.05) is 0 Å². The summed E-state index contributed by atoms with van der Waals surface area (Å²) in [5, 5.41) is 0. The average molecular weight is 542 g/mol. The Morgan fingerprint density at radius 1 is 0.576 bits per heavy atom. The highest BCUT2D eigenvalue weighted by Gasteiger charge is 2.10. The summed E-state index contributed by atoms with van der Waals surface area (Å²) in [6.07, 6.45) is 2.95. The van der Waals surface area contributed by atoms with Crippen molar-refractivity contribution in [3.8, 4) is 0 Å². The SMILES string of the molecule is CCC(N)CN(CC)c1ccc(Cc2ccc(N(CC)CC(N)CC)cc2)cc1.Cl.Cl.Cl.Cl. The van der Waals surface area contributed by atoms with Crippen LogP contribution >= 0.6 is 49.6 Å². The van der Waals surface area contributed by atoms with Gasteiger partial charge in [0.05, 0.1) is 0 Å². The number of nitrogens with two attached hydrogens (primary N) is 2. The van der Waals surface area contributed by atoms with Gasteiger partial charge in [-0.25, -0.2) is 0 Å². The summed E-state index contributed by atoms with van der Waals surface area (Å²) in [6.45, 7) is 12.4.